The number of aryl methyl sites for hydroxylation is 1. The van der Waals surface area contributed by atoms with E-state index in [9.17, 15) is 4.39 Å². The summed E-state index contributed by atoms with van der Waals surface area (Å²) < 4.78 is 13.0. The Morgan fingerprint density at radius 1 is 1.15 bits per heavy atom. The lowest BCUT2D eigenvalue weighted by Crippen LogP contribution is -2.23. The highest BCUT2D eigenvalue weighted by molar-refractivity contribution is 6.31. The molecule has 1 nitrogen and oxygen atoms in total. The van der Waals surface area contributed by atoms with Crippen molar-refractivity contribution in [1.82, 2.24) is 5.32 Å². The summed E-state index contributed by atoms with van der Waals surface area (Å²) in [4.78, 5) is 0. The van der Waals surface area contributed by atoms with Gasteiger partial charge < -0.3 is 5.32 Å². The maximum absolute atomic E-state index is 13.0. The summed E-state index contributed by atoms with van der Waals surface area (Å²) >= 11 is 6.08. The first-order valence-corrected chi connectivity index (χ1v) is 7.22. The van der Waals surface area contributed by atoms with E-state index in [0.29, 0.717) is 0 Å². The minimum atomic E-state index is -0.198. The maximum atomic E-state index is 13.0. The van der Waals surface area contributed by atoms with E-state index in [1.165, 1.54) is 17.7 Å². The predicted octanol–water partition coefficient (Wildman–Crippen LogP) is 4.68. The van der Waals surface area contributed by atoms with Crippen molar-refractivity contribution >= 4 is 11.6 Å². The SMILES string of the molecule is CCNC(Cc1ccc(F)cc1)c1ccc(Cl)c(C)c1. The van der Waals surface area contributed by atoms with Crippen molar-refractivity contribution in [2.75, 3.05) is 6.54 Å². The first-order valence-electron chi connectivity index (χ1n) is 6.84. The van der Waals surface area contributed by atoms with Crippen LogP contribution in [0.5, 0.6) is 0 Å². The lowest BCUT2D eigenvalue weighted by molar-refractivity contribution is 0.548. The Morgan fingerprint density at radius 3 is 2.45 bits per heavy atom. The van der Waals surface area contributed by atoms with Crippen molar-refractivity contribution in [3.8, 4) is 0 Å². The molecule has 0 spiro atoms. The first-order chi connectivity index (χ1) is 9.60. The Balaban J connectivity index is 2.21. The predicted molar refractivity (Wildman–Crippen MR) is 82.7 cm³/mol. The highest BCUT2D eigenvalue weighted by Crippen LogP contribution is 2.23. The van der Waals surface area contributed by atoms with Gasteiger partial charge in [-0.15, -0.1) is 0 Å². The second kappa shape index (κ2) is 6.87. The molecule has 2 aromatic carbocycles. The molecule has 0 saturated heterocycles. The van der Waals surface area contributed by atoms with E-state index >= 15 is 0 Å². The molecule has 0 aliphatic heterocycles. The molecule has 0 fully saturated rings. The van der Waals surface area contributed by atoms with Crippen LogP contribution in [0.25, 0.3) is 0 Å². The summed E-state index contributed by atoms with van der Waals surface area (Å²) in [6.07, 6.45) is 0.829. The number of halogens is 2. The first kappa shape index (κ1) is 15.0. The third-order valence-corrected chi connectivity index (χ3v) is 3.81. The highest BCUT2D eigenvalue weighted by Gasteiger charge is 2.12. The summed E-state index contributed by atoms with van der Waals surface area (Å²) in [6, 6.07) is 13.0. The molecule has 2 aromatic rings. The summed E-state index contributed by atoms with van der Waals surface area (Å²) in [7, 11) is 0. The van der Waals surface area contributed by atoms with E-state index in [1.807, 2.05) is 31.2 Å². The fourth-order valence-corrected chi connectivity index (χ4v) is 2.41. The van der Waals surface area contributed by atoms with E-state index in [4.69, 9.17) is 11.6 Å². The number of nitrogens with one attached hydrogen (secondary N) is 1. The number of likely N-dealkylation sites (N-methyl/N-ethyl adjacent to an activating group) is 1. The zero-order valence-corrected chi connectivity index (χ0v) is 12.5. The molecular formula is C17H19ClFN. The van der Waals surface area contributed by atoms with Gasteiger partial charge in [0.05, 0.1) is 0 Å². The van der Waals surface area contributed by atoms with Gasteiger partial charge in [0.1, 0.15) is 5.82 Å². The zero-order valence-electron chi connectivity index (χ0n) is 11.8. The van der Waals surface area contributed by atoms with Crippen molar-refractivity contribution < 1.29 is 4.39 Å². The van der Waals surface area contributed by atoms with Gasteiger partial charge in [0.15, 0.2) is 0 Å². The van der Waals surface area contributed by atoms with Gasteiger partial charge in [-0.1, -0.05) is 42.8 Å². The van der Waals surface area contributed by atoms with Crippen LogP contribution >= 0.6 is 11.6 Å². The molecule has 3 heteroatoms. The van der Waals surface area contributed by atoms with E-state index in [0.717, 1.165) is 29.1 Å². The number of hydrogen-bond acceptors (Lipinski definition) is 1. The van der Waals surface area contributed by atoms with Crippen LogP contribution in [0.15, 0.2) is 42.5 Å². The normalized spacial score (nSPS) is 12.4. The Hall–Kier alpha value is -1.38. The van der Waals surface area contributed by atoms with Crippen LogP contribution in [-0.2, 0) is 6.42 Å². The Bertz CT molecular complexity index is 566. The molecule has 0 amide bonds. The molecule has 0 aliphatic rings. The van der Waals surface area contributed by atoms with Gasteiger partial charge in [0, 0.05) is 11.1 Å². The van der Waals surface area contributed by atoms with Gasteiger partial charge in [-0.05, 0) is 54.8 Å². The molecular weight excluding hydrogens is 273 g/mol. The van der Waals surface area contributed by atoms with Crippen LogP contribution in [0.4, 0.5) is 4.39 Å². The molecule has 0 aliphatic carbocycles. The second-order valence-electron chi connectivity index (χ2n) is 4.95. The topological polar surface area (TPSA) is 12.0 Å². The zero-order chi connectivity index (χ0) is 14.5. The lowest BCUT2D eigenvalue weighted by atomic mass is 9.97. The van der Waals surface area contributed by atoms with Gasteiger partial charge >= 0.3 is 0 Å². The lowest BCUT2D eigenvalue weighted by Gasteiger charge is -2.19. The summed E-state index contributed by atoms with van der Waals surface area (Å²) in [5, 5.41) is 4.25. The third kappa shape index (κ3) is 3.81. The average Bonchev–Trinajstić information content (AvgIpc) is 2.44. The fourth-order valence-electron chi connectivity index (χ4n) is 2.30. The van der Waals surface area contributed by atoms with E-state index in [2.05, 4.69) is 18.3 Å². The summed E-state index contributed by atoms with van der Waals surface area (Å²) in [5.74, 6) is -0.198. The number of rotatable bonds is 5. The van der Waals surface area contributed by atoms with Gasteiger partial charge in [-0.25, -0.2) is 4.39 Å². The van der Waals surface area contributed by atoms with Crippen molar-refractivity contribution in [3.63, 3.8) is 0 Å². The molecule has 2 rings (SSSR count). The molecule has 1 atom stereocenters. The van der Waals surface area contributed by atoms with Gasteiger partial charge in [0.2, 0.25) is 0 Å². The number of benzene rings is 2. The molecule has 0 bridgehead atoms. The molecule has 20 heavy (non-hydrogen) atoms. The van der Waals surface area contributed by atoms with E-state index < -0.39 is 0 Å². The Labute approximate surface area is 124 Å². The minimum Gasteiger partial charge on any atom is -0.310 e. The minimum absolute atomic E-state index is 0.198. The molecule has 0 heterocycles. The highest BCUT2D eigenvalue weighted by atomic mass is 35.5. The molecule has 1 N–H and O–H groups in total. The van der Waals surface area contributed by atoms with E-state index in [-0.39, 0.29) is 11.9 Å². The fraction of sp³-hybridized carbons (Fsp3) is 0.294. The maximum Gasteiger partial charge on any atom is 0.123 e. The molecule has 0 radical (unpaired) electrons. The average molecular weight is 292 g/mol. The van der Waals surface area contributed by atoms with Crippen LogP contribution in [0.3, 0.4) is 0 Å². The van der Waals surface area contributed by atoms with Crippen LogP contribution < -0.4 is 5.32 Å². The van der Waals surface area contributed by atoms with Crippen LogP contribution in [0.2, 0.25) is 5.02 Å². The molecule has 0 aromatic heterocycles. The molecule has 1 unspecified atom stereocenters. The van der Waals surface area contributed by atoms with Crippen molar-refractivity contribution in [2.45, 2.75) is 26.3 Å². The third-order valence-electron chi connectivity index (χ3n) is 3.39. The second-order valence-corrected chi connectivity index (χ2v) is 5.36. The largest absolute Gasteiger partial charge is 0.310 e. The Kier molecular flexibility index (Phi) is 5.16. The molecule has 106 valence electrons. The van der Waals surface area contributed by atoms with Crippen LogP contribution in [-0.4, -0.2) is 6.54 Å². The van der Waals surface area contributed by atoms with Crippen molar-refractivity contribution in [3.05, 3.63) is 70.0 Å². The van der Waals surface area contributed by atoms with Crippen molar-refractivity contribution in [2.24, 2.45) is 0 Å². The standard InChI is InChI=1S/C17H19ClFN/c1-3-20-17(11-13-4-7-15(19)8-5-13)14-6-9-16(18)12(2)10-14/h4-10,17,20H,3,11H2,1-2H3. The number of hydrogen-bond donors (Lipinski definition) is 1. The quantitative estimate of drug-likeness (QED) is 0.843. The van der Waals surface area contributed by atoms with Gasteiger partial charge in [-0.2, -0.15) is 0 Å². The summed E-state index contributed by atoms with van der Waals surface area (Å²) in [5.41, 5.74) is 3.40. The summed E-state index contributed by atoms with van der Waals surface area (Å²) in [6.45, 7) is 4.97. The smallest absolute Gasteiger partial charge is 0.123 e. The van der Waals surface area contributed by atoms with Crippen LogP contribution in [0, 0.1) is 12.7 Å². The van der Waals surface area contributed by atoms with Gasteiger partial charge in [-0.3, -0.25) is 0 Å². The van der Waals surface area contributed by atoms with Crippen LogP contribution in [0.1, 0.15) is 29.7 Å². The van der Waals surface area contributed by atoms with Gasteiger partial charge in [0.25, 0.3) is 0 Å². The van der Waals surface area contributed by atoms with Crippen molar-refractivity contribution in [1.29, 1.82) is 0 Å². The Morgan fingerprint density at radius 2 is 1.85 bits per heavy atom. The van der Waals surface area contributed by atoms with E-state index in [1.54, 1.807) is 0 Å². The monoisotopic (exact) mass is 291 g/mol. The molecule has 0 saturated carbocycles.